The Morgan fingerprint density at radius 2 is 1.81 bits per heavy atom. The lowest BCUT2D eigenvalue weighted by atomic mass is 10.2. The van der Waals surface area contributed by atoms with Gasteiger partial charge in [0, 0.05) is 51.1 Å². The van der Waals surface area contributed by atoms with Gasteiger partial charge in [-0.1, -0.05) is 0 Å². The number of amides is 3. The molecule has 0 bridgehead atoms. The van der Waals surface area contributed by atoms with Crippen LogP contribution >= 0.6 is 0 Å². The highest BCUT2D eigenvalue weighted by molar-refractivity contribution is 6.35. The zero-order valence-electron chi connectivity index (χ0n) is 16.8. The molecular weight excluding hydrogens is 410 g/mol. The van der Waals surface area contributed by atoms with E-state index in [1.807, 2.05) is 0 Å². The number of carbonyl (C=O) groups excluding carboxylic acids is 3. The molecule has 2 fully saturated rings. The van der Waals surface area contributed by atoms with Gasteiger partial charge in [-0.05, 0) is 25.0 Å². The number of nitrogens with zero attached hydrogens (tertiary/aromatic N) is 3. The van der Waals surface area contributed by atoms with Crippen LogP contribution in [0, 0.1) is 11.6 Å². The van der Waals surface area contributed by atoms with Crippen molar-refractivity contribution in [3.63, 3.8) is 0 Å². The summed E-state index contributed by atoms with van der Waals surface area (Å²) in [6.45, 7) is 1.29. The molecule has 2 aliphatic rings. The summed E-state index contributed by atoms with van der Waals surface area (Å²) in [5.74, 6) is -2.26. The first-order valence-corrected chi connectivity index (χ1v) is 10.2. The van der Waals surface area contributed by atoms with E-state index in [0.29, 0.717) is 26.2 Å². The quantitative estimate of drug-likeness (QED) is 0.723. The Bertz CT molecular complexity index is 997. The lowest BCUT2D eigenvalue weighted by Gasteiger charge is -2.34. The fraction of sp³-hybridized carbons (Fsp3) is 0.429. The van der Waals surface area contributed by atoms with E-state index in [1.54, 1.807) is 4.90 Å². The van der Waals surface area contributed by atoms with Gasteiger partial charge in [0.1, 0.15) is 11.6 Å². The summed E-state index contributed by atoms with van der Waals surface area (Å²) >= 11 is 0. The monoisotopic (exact) mass is 432 g/mol. The second-order valence-corrected chi connectivity index (χ2v) is 7.66. The van der Waals surface area contributed by atoms with Crippen molar-refractivity contribution < 1.29 is 27.6 Å². The van der Waals surface area contributed by atoms with Crippen LogP contribution in [-0.2, 0) is 20.8 Å². The Labute approximate surface area is 177 Å². The lowest BCUT2D eigenvalue weighted by Crippen LogP contribution is -2.54. The Morgan fingerprint density at radius 1 is 1.10 bits per heavy atom. The van der Waals surface area contributed by atoms with Gasteiger partial charge in [-0.2, -0.15) is 0 Å². The smallest absolute Gasteiger partial charge is 0.312 e. The molecule has 1 N–H and O–H groups in total. The maximum absolute atomic E-state index is 13.9. The average molecular weight is 432 g/mol. The molecular formula is C21H22F2N4O4. The predicted octanol–water partition coefficient (Wildman–Crippen LogP) is 1.50. The minimum absolute atomic E-state index is 0.0954. The minimum Gasteiger partial charge on any atom is -0.441 e. The SMILES string of the molecule is O=C(NC1CC1)C(=O)N1CCN(C(=O)CCc2ncc(-c3ccc(F)cc3F)o2)CC1. The number of aromatic nitrogens is 1. The van der Waals surface area contributed by atoms with E-state index < -0.39 is 23.4 Å². The van der Waals surface area contributed by atoms with E-state index in [2.05, 4.69) is 10.3 Å². The molecule has 1 aliphatic carbocycles. The van der Waals surface area contributed by atoms with Crippen LogP contribution in [0.3, 0.4) is 0 Å². The molecule has 2 heterocycles. The fourth-order valence-electron chi connectivity index (χ4n) is 3.39. The summed E-state index contributed by atoms with van der Waals surface area (Å²) in [6.07, 6.45) is 3.53. The number of nitrogens with one attached hydrogen (secondary N) is 1. The molecule has 0 atom stereocenters. The van der Waals surface area contributed by atoms with Crippen molar-refractivity contribution in [1.82, 2.24) is 20.1 Å². The molecule has 8 nitrogen and oxygen atoms in total. The summed E-state index contributed by atoms with van der Waals surface area (Å²) in [5, 5.41) is 2.67. The number of halogens is 2. The molecule has 31 heavy (non-hydrogen) atoms. The third kappa shape index (κ3) is 5.07. The maximum atomic E-state index is 13.9. The first-order valence-electron chi connectivity index (χ1n) is 10.2. The number of benzene rings is 1. The standard InChI is InChI=1S/C21H22F2N4O4/c22-13-1-4-15(16(23)11-13)17-12-24-18(31-17)5-6-19(28)26-7-9-27(10-8-26)21(30)20(29)25-14-2-3-14/h1,4,11-12,14H,2-3,5-10H2,(H,25,29). The van der Waals surface area contributed by atoms with Gasteiger partial charge in [0.25, 0.3) is 0 Å². The van der Waals surface area contributed by atoms with Gasteiger partial charge in [-0.3, -0.25) is 14.4 Å². The van der Waals surface area contributed by atoms with Crippen LogP contribution < -0.4 is 5.32 Å². The Hall–Kier alpha value is -3.30. The Kier molecular flexibility index (Phi) is 5.97. The van der Waals surface area contributed by atoms with Crippen molar-refractivity contribution in [2.45, 2.75) is 31.7 Å². The van der Waals surface area contributed by atoms with E-state index >= 15 is 0 Å². The number of carbonyl (C=O) groups is 3. The van der Waals surface area contributed by atoms with Crippen LogP contribution in [0.25, 0.3) is 11.3 Å². The first-order chi connectivity index (χ1) is 14.9. The van der Waals surface area contributed by atoms with Crippen LogP contribution in [0.15, 0.2) is 28.8 Å². The molecule has 2 aromatic rings. The molecule has 1 aromatic carbocycles. The van der Waals surface area contributed by atoms with E-state index in [4.69, 9.17) is 4.42 Å². The predicted molar refractivity (Wildman–Crippen MR) is 105 cm³/mol. The molecule has 3 amide bonds. The number of piperazine rings is 1. The number of hydrogen-bond acceptors (Lipinski definition) is 5. The second kappa shape index (κ2) is 8.83. The molecule has 1 aromatic heterocycles. The third-order valence-corrected chi connectivity index (χ3v) is 5.33. The van der Waals surface area contributed by atoms with Gasteiger partial charge in [-0.15, -0.1) is 0 Å². The second-order valence-electron chi connectivity index (χ2n) is 7.66. The van der Waals surface area contributed by atoms with Gasteiger partial charge < -0.3 is 19.5 Å². The molecule has 0 unspecified atom stereocenters. The van der Waals surface area contributed by atoms with Crippen molar-refractivity contribution in [3.8, 4) is 11.3 Å². The van der Waals surface area contributed by atoms with Gasteiger partial charge in [0.15, 0.2) is 11.7 Å². The summed E-state index contributed by atoms with van der Waals surface area (Å²) in [5.41, 5.74) is 0.0954. The van der Waals surface area contributed by atoms with Gasteiger partial charge in [0.2, 0.25) is 5.91 Å². The van der Waals surface area contributed by atoms with E-state index in [9.17, 15) is 23.2 Å². The van der Waals surface area contributed by atoms with Gasteiger partial charge in [-0.25, -0.2) is 13.8 Å². The van der Waals surface area contributed by atoms with Crippen LogP contribution in [0.5, 0.6) is 0 Å². The molecule has 4 rings (SSSR count). The largest absolute Gasteiger partial charge is 0.441 e. The highest BCUT2D eigenvalue weighted by Gasteiger charge is 2.31. The molecule has 164 valence electrons. The number of oxazole rings is 1. The van der Waals surface area contributed by atoms with Crippen molar-refractivity contribution in [2.75, 3.05) is 26.2 Å². The summed E-state index contributed by atoms with van der Waals surface area (Å²) in [6, 6.07) is 3.28. The number of aryl methyl sites for hydroxylation is 1. The molecule has 0 spiro atoms. The average Bonchev–Trinajstić information content (AvgIpc) is 3.45. The minimum atomic E-state index is -0.753. The zero-order chi connectivity index (χ0) is 22.0. The van der Waals surface area contributed by atoms with E-state index in [0.717, 1.165) is 25.0 Å². The molecule has 0 radical (unpaired) electrons. The topological polar surface area (TPSA) is 95.8 Å². The van der Waals surface area contributed by atoms with Gasteiger partial charge in [0.05, 0.1) is 11.8 Å². The van der Waals surface area contributed by atoms with Crippen LogP contribution in [0.1, 0.15) is 25.2 Å². The van der Waals surface area contributed by atoms with Crippen molar-refractivity contribution in [1.29, 1.82) is 0 Å². The van der Waals surface area contributed by atoms with Crippen LogP contribution in [-0.4, -0.2) is 64.7 Å². The zero-order valence-corrected chi connectivity index (χ0v) is 16.8. The number of hydrogen-bond donors (Lipinski definition) is 1. The summed E-state index contributed by atoms with van der Waals surface area (Å²) in [7, 11) is 0. The fourth-order valence-corrected chi connectivity index (χ4v) is 3.39. The Balaban J connectivity index is 1.25. The Morgan fingerprint density at radius 3 is 2.48 bits per heavy atom. The number of rotatable bonds is 5. The normalized spacial score (nSPS) is 16.3. The summed E-state index contributed by atoms with van der Waals surface area (Å²) in [4.78, 5) is 43.6. The molecule has 1 saturated carbocycles. The maximum Gasteiger partial charge on any atom is 0.312 e. The lowest BCUT2D eigenvalue weighted by molar-refractivity contribution is -0.148. The molecule has 10 heteroatoms. The van der Waals surface area contributed by atoms with Gasteiger partial charge >= 0.3 is 11.8 Å². The highest BCUT2D eigenvalue weighted by atomic mass is 19.1. The van der Waals surface area contributed by atoms with Crippen LogP contribution in [0.2, 0.25) is 0 Å². The first kappa shape index (κ1) is 21.0. The summed E-state index contributed by atoms with van der Waals surface area (Å²) < 4.78 is 32.4. The van der Waals surface area contributed by atoms with Crippen molar-refractivity contribution >= 4 is 17.7 Å². The molecule has 1 saturated heterocycles. The molecule has 1 aliphatic heterocycles. The van der Waals surface area contributed by atoms with Crippen molar-refractivity contribution in [2.24, 2.45) is 0 Å². The third-order valence-electron chi connectivity index (χ3n) is 5.33. The van der Waals surface area contributed by atoms with Crippen LogP contribution in [0.4, 0.5) is 8.78 Å². The van der Waals surface area contributed by atoms with Crippen molar-refractivity contribution in [3.05, 3.63) is 41.9 Å². The van der Waals surface area contributed by atoms with E-state index in [1.165, 1.54) is 17.2 Å². The van der Waals surface area contributed by atoms with E-state index in [-0.39, 0.29) is 42.0 Å². The highest BCUT2D eigenvalue weighted by Crippen LogP contribution is 2.24.